The SMILES string of the molecule is C=C1CP1CN(C)C(=O)OC(C)(C)C. The summed E-state index contributed by atoms with van der Waals surface area (Å²) in [4.78, 5) is 13.2. The largest absolute Gasteiger partial charge is 0.444 e. The van der Waals surface area contributed by atoms with Gasteiger partial charge in [0.1, 0.15) is 5.60 Å². The van der Waals surface area contributed by atoms with Crippen molar-refractivity contribution in [3.05, 3.63) is 11.9 Å². The molecule has 0 aliphatic carbocycles. The van der Waals surface area contributed by atoms with Crippen LogP contribution in [0.5, 0.6) is 0 Å². The normalized spacial score (nSPS) is 20.6. The molecule has 0 N–H and O–H groups in total. The fourth-order valence-corrected chi connectivity index (χ4v) is 2.59. The molecule has 0 radical (unpaired) electrons. The lowest BCUT2D eigenvalue weighted by Gasteiger charge is -2.24. The maximum atomic E-state index is 11.5. The Morgan fingerprint density at radius 1 is 1.64 bits per heavy atom. The summed E-state index contributed by atoms with van der Waals surface area (Å²) in [6.45, 7) is 9.51. The average Bonchev–Trinajstić information content (AvgIpc) is 2.62. The zero-order valence-corrected chi connectivity index (χ0v) is 10.2. The minimum Gasteiger partial charge on any atom is -0.444 e. The third kappa shape index (κ3) is 3.67. The number of ether oxygens (including phenoxy) is 1. The van der Waals surface area contributed by atoms with E-state index < -0.39 is 5.60 Å². The standard InChI is InChI=1S/C10H18NO2P/c1-8-6-14(8)7-11(5)9(12)13-10(2,3)4/h1,6-7H2,2-5H3. The Bertz CT molecular complexity index is 257. The summed E-state index contributed by atoms with van der Waals surface area (Å²) in [6.07, 6.45) is 1.67. The van der Waals surface area contributed by atoms with Gasteiger partial charge in [0.2, 0.25) is 0 Å². The molecular formula is C10H18NO2P. The fraction of sp³-hybridized carbons (Fsp3) is 0.700. The highest BCUT2D eigenvalue weighted by Crippen LogP contribution is 2.61. The molecule has 0 bridgehead atoms. The van der Waals surface area contributed by atoms with Crippen LogP contribution in [-0.4, -0.2) is 36.1 Å². The molecule has 4 heteroatoms. The van der Waals surface area contributed by atoms with E-state index in [0.717, 1.165) is 12.4 Å². The number of amides is 1. The van der Waals surface area contributed by atoms with Crippen LogP contribution in [0.3, 0.4) is 0 Å². The summed E-state index contributed by atoms with van der Waals surface area (Å²) in [6, 6.07) is 0. The Morgan fingerprint density at radius 3 is 2.50 bits per heavy atom. The molecule has 1 amide bonds. The molecule has 1 atom stereocenters. The van der Waals surface area contributed by atoms with Crippen LogP contribution in [0.1, 0.15) is 20.8 Å². The van der Waals surface area contributed by atoms with Crippen molar-refractivity contribution in [2.45, 2.75) is 26.4 Å². The first kappa shape index (κ1) is 11.5. The molecule has 14 heavy (non-hydrogen) atoms. The highest BCUT2D eigenvalue weighted by Gasteiger charge is 2.30. The van der Waals surface area contributed by atoms with Gasteiger partial charge in [0.25, 0.3) is 0 Å². The lowest BCUT2D eigenvalue weighted by Crippen LogP contribution is -2.33. The van der Waals surface area contributed by atoms with Gasteiger partial charge in [-0.25, -0.2) is 4.79 Å². The lowest BCUT2D eigenvalue weighted by molar-refractivity contribution is 0.0330. The van der Waals surface area contributed by atoms with Crippen LogP contribution >= 0.6 is 7.92 Å². The zero-order valence-electron chi connectivity index (χ0n) is 9.33. The van der Waals surface area contributed by atoms with Crippen molar-refractivity contribution in [3.8, 4) is 0 Å². The first-order valence-corrected chi connectivity index (χ1v) is 6.37. The van der Waals surface area contributed by atoms with Crippen molar-refractivity contribution < 1.29 is 9.53 Å². The van der Waals surface area contributed by atoms with Crippen LogP contribution in [0.25, 0.3) is 0 Å². The maximum Gasteiger partial charge on any atom is 0.410 e. The van der Waals surface area contributed by atoms with Crippen LogP contribution in [0, 0.1) is 0 Å². The number of carbonyl (C=O) groups is 1. The first-order valence-electron chi connectivity index (χ1n) is 4.66. The summed E-state index contributed by atoms with van der Waals surface area (Å²) in [5.41, 5.74) is -0.404. The third-order valence-corrected chi connectivity index (χ3v) is 4.01. The molecule has 80 valence electrons. The number of allylic oxidation sites excluding steroid dienone is 1. The minimum atomic E-state index is -0.404. The van der Waals surface area contributed by atoms with Crippen LogP contribution in [-0.2, 0) is 4.74 Å². The van der Waals surface area contributed by atoms with E-state index >= 15 is 0 Å². The smallest absolute Gasteiger partial charge is 0.410 e. The van der Waals surface area contributed by atoms with Gasteiger partial charge in [-0.15, -0.1) is 0 Å². The van der Waals surface area contributed by atoms with Gasteiger partial charge in [-0.1, -0.05) is 14.5 Å². The van der Waals surface area contributed by atoms with Gasteiger partial charge >= 0.3 is 6.09 Å². The molecule has 1 aliphatic rings. The lowest BCUT2D eigenvalue weighted by atomic mass is 10.2. The van der Waals surface area contributed by atoms with E-state index in [1.807, 2.05) is 20.8 Å². The number of rotatable bonds is 2. The van der Waals surface area contributed by atoms with Crippen molar-refractivity contribution in [3.63, 3.8) is 0 Å². The van der Waals surface area contributed by atoms with E-state index in [9.17, 15) is 4.79 Å². The Kier molecular flexibility index (Phi) is 3.20. The Labute approximate surface area is 86.9 Å². The van der Waals surface area contributed by atoms with E-state index in [2.05, 4.69) is 6.58 Å². The van der Waals surface area contributed by atoms with E-state index in [1.165, 1.54) is 5.31 Å². The van der Waals surface area contributed by atoms with Crippen molar-refractivity contribution in [1.82, 2.24) is 4.90 Å². The zero-order chi connectivity index (χ0) is 10.9. The molecule has 1 unspecified atom stereocenters. The van der Waals surface area contributed by atoms with Crippen molar-refractivity contribution in [2.75, 3.05) is 19.5 Å². The second-order valence-electron chi connectivity index (χ2n) is 4.58. The fourth-order valence-electron chi connectivity index (χ4n) is 0.989. The van der Waals surface area contributed by atoms with E-state index in [-0.39, 0.29) is 14.0 Å². The quantitative estimate of drug-likeness (QED) is 0.663. The van der Waals surface area contributed by atoms with Gasteiger partial charge in [0.15, 0.2) is 0 Å². The average molecular weight is 215 g/mol. The van der Waals surface area contributed by atoms with Crippen LogP contribution in [0.15, 0.2) is 11.9 Å². The van der Waals surface area contributed by atoms with Crippen molar-refractivity contribution >= 4 is 14.0 Å². The van der Waals surface area contributed by atoms with Crippen molar-refractivity contribution in [1.29, 1.82) is 0 Å². The number of nitrogens with zero attached hydrogens (tertiary/aromatic N) is 1. The minimum absolute atomic E-state index is 0.0945. The molecule has 3 nitrogen and oxygen atoms in total. The topological polar surface area (TPSA) is 29.5 Å². The summed E-state index contributed by atoms with van der Waals surface area (Å²) in [5, 5.41) is 1.30. The monoisotopic (exact) mass is 215 g/mol. The summed E-state index contributed by atoms with van der Waals surface area (Å²) >= 11 is 0. The summed E-state index contributed by atoms with van der Waals surface area (Å²) in [5.74, 6) is 0. The molecule has 0 saturated carbocycles. The highest BCUT2D eigenvalue weighted by molar-refractivity contribution is 7.71. The van der Waals surface area contributed by atoms with Gasteiger partial charge in [0.05, 0.1) is 0 Å². The van der Waals surface area contributed by atoms with Crippen LogP contribution in [0.2, 0.25) is 0 Å². The maximum absolute atomic E-state index is 11.5. The van der Waals surface area contributed by atoms with E-state index in [1.54, 1.807) is 11.9 Å². The predicted molar refractivity (Wildman–Crippen MR) is 59.8 cm³/mol. The summed E-state index contributed by atoms with van der Waals surface area (Å²) < 4.78 is 5.23. The van der Waals surface area contributed by atoms with E-state index in [0.29, 0.717) is 0 Å². The molecule has 0 aromatic carbocycles. The van der Waals surface area contributed by atoms with Crippen LogP contribution in [0.4, 0.5) is 4.79 Å². The summed E-state index contributed by atoms with van der Waals surface area (Å²) in [7, 11) is 1.69. The van der Waals surface area contributed by atoms with Gasteiger partial charge in [-0.3, -0.25) is 0 Å². The molecule has 1 heterocycles. The number of carbonyl (C=O) groups excluding carboxylic acids is 1. The van der Waals surface area contributed by atoms with Gasteiger partial charge < -0.3 is 9.64 Å². The highest BCUT2D eigenvalue weighted by atomic mass is 31.1. The van der Waals surface area contributed by atoms with Gasteiger partial charge in [0, 0.05) is 13.3 Å². The Morgan fingerprint density at radius 2 is 2.14 bits per heavy atom. The molecule has 0 aromatic heterocycles. The van der Waals surface area contributed by atoms with E-state index in [4.69, 9.17) is 4.74 Å². The predicted octanol–water partition coefficient (Wildman–Crippen LogP) is 2.82. The molecule has 1 rings (SSSR count). The van der Waals surface area contributed by atoms with Crippen molar-refractivity contribution in [2.24, 2.45) is 0 Å². The number of hydrogen-bond acceptors (Lipinski definition) is 2. The molecule has 1 fully saturated rings. The molecule has 1 aliphatic heterocycles. The first-order chi connectivity index (χ1) is 6.29. The molecule has 1 saturated heterocycles. The Hall–Kier alpha value is -0.560. The number of hydrogen-bond donors (Lipinski definition) is 0. The second-order valence-corrected chi connectivity index (χ2v) is 6.90. The Balaban J connectivity index is 2.33. The molecule has 0 spiro atoms. The third-order valence-electron chi connectivity index (χ3n) is 1.81. The van der Waals surface area contributed by atoms with Gasteiger partial charge in [-0.2, -0.15) is 0 Å². The second kappa shape index (κ2) is 3.90. The molecular weight excluding hydrogens is 197 g/mol. The van der Waals surface area contributed by atoms with Gasteiger partial charge in [-0.05, 0) is 32.2 Å². The van der Waals surface area contributed by atoms with Crippen LogP contribution < -0.4 is 0 Å². The molecule has 0 aromatic rings.